The molecule has 2 N–H and O–H groups in total. The van der Waals surface area contributed by atoms with E-state index >= 15 is 0 Å². The number of hydroxylamine groups is 4. The second kappa shape index (κ2) is 14.8. The molecule has 8 heteroatoms. The fourth-order valence-electron chi connectivity index (χ4n) is 9.34. The molecule has 0 aliphatic carbocycles. The Morgan fingerprint density at radius 3 is 1.33 bits per heavy atom. The number of hydrogen-bond donors (Lipinski definition) is 2. The summed E-state index contributed by atoms with van der Waals surface area (Å²) in [6.07, 6.45) is 7.62. The van der Waals surface area contributed by atoms with E-state index in [1.54, 1.807) is 0 Å². The number of benzene rings is 2. The predicted octanol–water partition coefficient (Wildman–Crippen LogP) is 9.40. The fraction of sp³-hybridized carbons (Fsp3) is 0.650. The number of unbranched alkanes of at least 4 members (excludes halogenated alkanes) is 4. The maximum absolute atomic E-state index is 14.1. The van der Waals surface area contributed by atoms with Crippen LogP contribution in [0.25, 0.3) is 0 Å². The molecule has 8 nitrogen and oxygen atoms in total. The number of carboxylic acid groups (broad SMARTS) is 2. The van der Waals surface area contributed by atoms with E-state index in [-0.39, 0.29) is 18.3 Å². The zero-order valence-corrected chi connectivity index (χ0v) is 30.6. The van der Waals surface area contributed by atoms with Crippen LogP contribution in [0.1, 0.15) is 126 Å². The van der Waals surface area contributed by atoms with Crippen LogP contribution >= 0.6 is 0 Å². The average Bonchev–Trinajstić information content (AvgIpc) is 2.98. The van der Waals surface area contributed by atoms with Gasteiger partial charge in [-0.25, -0.2) is 0 Å². The molecule has 2 heterocycles. The van der Waals surface area contributed by atoms with Gasteiger partial charge in [-0.3, -0.25) is 9.59 Å². The van der Waals surface area contributed by atoms with Crippen LogP contribution in [0.15, 0.2) is 60.7 Å². The van der Waals surface area contributed by atoms with Crippen LogP contribution in [0, 0.1) is 17.3 Å². The molecule has 4 rings (SSSR count). The smallest absolute Gasteiger partial charge is 0.310 e. The number of nitrogens with zero attached hydrogens (tertiary/aromatic N) is 2. The Labute approximate surface area is 288 Å². The number of carboxylic acids is 2. The number of piperidine rings is 2. The summed E-state index contributed by atoms with van der Waals surface area (Å²) in [5.41, 5.74) is -2.67. The maximum Gasteiger partial charge on any atom is 0.310 e. The van der Waals surface area contributed by atoms with Gasteiger partial charge in [0.15, 0.2) is 0 Å². The van der Waals surface area contributed by atoms with Gasteiger partial charge < -0.3 is 19.9 Å². The van der Waals surface area contributed by atoms with Gasteiger partial charge >= 0.3 is 11.9 Å². The lowest BCUT2D eigenvalue weighted by Gasteiger charge is -2.61. The van der Waals surface area contributed by atoms with E-state index in [1.165, 1.54) is 0 Å². The van der Waals surface area contributed by atoms with E-state index in [9.17, 15) is 14.7 Å². The zero-order chi connectivity index (χ0) is 35.4. The van der Waals surface area contributed by atoms with E-state index in [4.69, 9.17) is 14.8 Å². The molecule has 2 aliphatic heterocycles. The highest BCUT2D eigenvalue weighted by molar-refractivity contribution is 5.76. The molecule has 2 fully saturated rings. The quantitative estimate of drug-likeness (QED) is 0.182. The normalized spacial score (nSPS) is 21.4. The Hall–Kier alpha value is -3.10. The first-order valence-electron chi connectivity index (χ1n) is 17.9. The van der Waals surface area contributed by atoms with Gasteiger partial charge in [0.2, 0.25) is 0 Å². The summed E-state index contributed by atoms with van der Waals surface area (Å²) in [4.78, 5) is 38.2. The topological polar surface area (TPSA) is 99.5 Å². The van der Waals surface area contributed by atoms with Crippen molar-refractivity contribution in [2.45, 2.75) is 148 Å². The van der Waals surface area contributed by atoms with Crippen LogP contribution < -0.4 is 9.68 Å². The van der Waals surface area contributed by atoms with Crippen LogP contribution in [0.2, 0.25) is 0 Å². The highest BCUT2D eigenvalue weighted by atomic mass is 16.7. The van der Waals surface area contributed by atoms with Gasteiger partial charge in [0.05, 0.1) is 27.6 Å². The first-order valence-corrected chi connectivity index (χ1v) is 17.9. The minimum Gasteiger partial charge on any atom is -0.481 e. The molecule has 0 saturated carbocycles. The predicted molar refractivity (Wildman–Crippen MR) is 190 cm³/mol. The third kappa shape index (κ3) is 8.54. The van der Waals surface area contributed by atoms with Crippen molar-refractivity contribution in [2.75, 3.05) is 0 Å². The van der Waals surface area contributed by atoms with E-state index in [2.05, 4.69) is 65.5 Å². The molecule has 266 valence electrons. The minimum atomic E-state index is -0.957. The molecule has 0 spiro atoms. The molecule has 2 aromatic rings. The van der Waals surface area contributed by atoms with Crippen molar-refractivity contribution in [1.29, 1.82) is 0 Å². The number of hydrogen-bond acceptors (Lipinski definition) is 6. The molecule has 0 bridgehead atoms. The Bertz CT molecular complexity index is 1240. The second-order valence-electron chi connectivity index (χ2n) is 16.9. The molecule has 0 unspecified atom stereocenters. The second-order valence-corrected chi connectivity index (χ2v) is 16.9. The SMILES string of the molecule is CC1(C)CC(C(CCCCCCCC(=O)O)(C(=O)O)C2CC(C)(C)N(Oc3ccccc3)C(C)(C)C2)CC(C)(C)N1Oc1ccccc1. The highest BCUT2D eigenvalue weighted by Gasteiger charge is 2.62. The van der Waals surface area contributed by atoms with E-state index in [0.29, 0.717) is 38.5 Å². The summed E-state index contributed by atoms with van der Waals surface area (Å²) in [6.45, 7) is 17.5. The summed E-state index contributed by atoms with van der Waals surface area (Å²) in [6, 6.07) is 19.7. The standard InChI is InChI=1S/C40H60N2O6/c1-36(2)26-30(27-37(3,4)41(36)47-32-20-14-12-15-21-32)40(35(45)46,25-19-11-9-10-18-24-34(43)44)31-28-38(5,6)42(39(7,8)29-31)48-33-22-16-13-17-23-33/h12-17,20-23,30-31H,9-11,18-19,24-29H2,1-8H3,(H,43,44)(H,45,46). The number of aliphatic carboxylic acids is 2. The molecule has 0 aromatic heterocycles. The Balaban J connectivity index is 1.67. The summed E-state index contributed by atoms with van der Waals surface area (Å²) in [5.74, 6) is -0.0730. The summed E-state index contributed by atoms with van der Waals surface area (Å²) >= 11 is 0. The lowest BCUT2D eigenvalue weighted by atomic mass is 9.52. The van der Waals surface area contributed by atoms with E-state index in [0.717, 1.165) is 37.2 Å². The largest absolute Gasteiger partial charge is 0.481 e. The first-order chi connectivity index (χ1) is 22.4. The van der Waals surface area contributed by atoms with Gasteiger partial charge in [0.25, 0.3) is 0 Å². The van der Waals surface area contributed by atoms with Crippen LogP contribution in [-0.2, 0) is 9.59 Å². The number of rotatable bonds is 15. The first kappa shape index (κ1) is 37.7. The summed E-state index contributed by atoms with van der Waals surface area (Å²) < 4.78 is 0. The van der Waals surface area contributed by atoms with Crippen LogP contribution in [0.3, 0.4) is 0 Å². The van der Waals surface area contributed by atoms with Crippen molar-refractivity contribution >= 4 is 11.9 Å². The van der Waals surface area contributed by atoms with Crippen LogP contribution in [0.5, 0.6) is 11.5 Å². The Kier molecular flexibility index (Phi) is 11.6. The monoisotopic (exact) mass is 664 g/mol. The molecule has 2 saturated heterocycles. The number of carbonyl (C=O) groups is 2. The molecule has 2 aromatic carbocycles. The van der Waals surface area contributed by atoms with Crippen molar-refractivity contribution < 1.29 is 29.5 Å². The lowest BCUT2D eigenvalue weighted by molar-refractivity contribution is -0.257. The highest BCUT2D eigenvalue weighted by Crippen LogP contribution is 2.58. The van der Waals surface area contributed by atoms with Crippen LogP contribution in [-0.4, -0.2) is 54.4 Å². The average molecular weight is 665 g/mol. The van der Waals surface area contributed by atoms with E-state index in [1.807, 2.05) is 60.7 Å². The van der Waals surface area contributed by atoms with Gasteiger partial charge in [-0.05, 0) is 130 Å². The summed E-state index contributed by atoms with van der Waals surface area (Å²) in [7, 11) is 0. The maximum atomic E-state index is 14.1. The molecular weight excluding hydrogens is 604 g/mol. The van der Waals surface area contributed by atoms with Gasteiger partial charge in [0.1, 0.15) is 11.5 Å². The summed E-state index contributed by atoms with van der Waals surface area (Å²) in [5, 5.41) is 24.8. The third-order valence-corrected chi connectivity index (χ3v) is 10.9. The Morgan fingerprint density at radius 1 is 0.625 bits per heavy atom. The fourth-order valence-corrected chi connectivity index (χ4v) is 9.34. The Morgan fingerprint density at radius 2 is 0.979 bits per heavy atom. The molecule has 0 amide bonds. The molecular formula is C40H60N2O6. The van der Waals surface area contributed by atoms with Gasteiger partial charge in [0, 0.05) is 6.42 Å². The third-order valence-electron chi connectivity index (χ3n) is 10.9. The van der Waals surface area contributed by atoms with Crippen molar-refractivity contribution in [2.24, 2.45) is 17.3 Å². The van der Waals surface area contributed by atoms with Crippen molar-refractivity contribution in [3.8, 4) is 11.5 Å². The van der Waals surface area contributed by atoms with Crippen molar-refractivity contribution in [3.05, 3.63) is 60.7 Å². The van der Waals surface area contributed by atoms with Gasteiger partial charge in [-0.1, -0.05) is 62.1 Å². The molecule has 2 aliphatic rings. The lowest BCUT2D eigenvalue weighted by Crippen LogP contribution is -2.68. The zero-order valence-electron chi connectivity index (χ0n) is 30.6. The molecule has 0 radical (unpaired) electrons. The van der Waals surface area contributed by atoms with Gasteiger partial charge in [-0.2, -0.15) is 0 Å². The van der Waals surface area contributed by atoms with E-state index < -0.39 is 39.5 Å². The number of para-hydroxylation sites is 2. The van der Waals surface area contributed by atoms with Crippen molar-refractivity contribution in [3.63, 3.8) is 0 Å². The van der Waals surface area contributed by atoms with Gasteiger partial charge in [-0.15, -0.1) is 10.1 Å². The molecule has 48 heavy (non-hydrogen) atoms. The van der Waals surface area contributed by atoms with Crippen molar-refractivity contribution in [1.82, 2.24) is 10.1 Å². The van der Waals surface area contributed by atoms with Crippen LogP contribution in [0.4, 0.5) is 0 Å². The minimum absolute atomic E-state index is 0.0826. The molecule has 0 atom stereocenters.